The molecular weight excluding hydrogens is 663 g/mol. The van der Waals surface area contributed by atoms with Crippen LogP contribution in [0.5, 0.6) is 0 Å². The molecule has 1 spiro atoms. The summed E-state index contributed by atoms with van der Waals surface area (Å²) in [4.78, 5) is 2.49. The summed E-state index contributed by atoms with van der Waals surface area (Å²) in [5, 5.41) is 0. The lowest BCUT2D eigenvalue weighted by molar-refractivity contribution is 0.639. The molecule has 0 aliphatic heterocycles. The Morgan fingerprint density at radius 1 is 0.491 bits per heavy atom. The molecule has 0 heterocycles. The Bertz CT molecular complexity index is 2590. The van der Waals surface area contributed by atoms with Crippen LogP contribution in [0.2, 0.25) is 0 Å². The smallest absolute Gasteiger partial charge is 0.0726 e. The van der Waals surface area contributed by atoms with Gasteiger partial charge in [-0.2, -0.15) is 0 Å². The summed E-state index contributed by atoms with van der Waals surface area (Å²) in [5.41, 5.74) is 21.2. The van der Waals surface area contributed by atoms with Crippen molar-refractivity contribution in [2.24, 2.45) is 0 Å². The molecule has 0 saturated carbocycles. The molecule has 0 saturated heterocycles. The van der Waals surface area contributed by atoms with Crippen LogP contribution in [0.4, 0.5) is 17.1 Å². The van der Waals surface area contributed by atoms with Gasteiger partial charge in [-0.05, 0) is 104 Å². The average Bonchev–Trinajstić information content (AvgIpc) is 3.76. The lowest BCUT2D eigenvalue weighted by Gasteiger charge is -2.33. The molecule has 0 amide bonds. The number of rotatable bonds is 5. The third kappa shape index (κ3) is 4.99. The molecule has 0 fully saturated rings. The SMILES string of the molecule is C=CC1=C(C)C(C)(C)c2cc(N(c3ccc4c(c3)C3(c5ccccc5-c5ccccc53)c3ccccc3-4)c3ccccc3-c3ccccc3)ccc21.CCC. The number of benzene rings is 7. The topological polar surface area (TPSA) is 3.24 Å². The van der Waals surface area contributed by atoms with E-state index in [4.69, 9.17) is 0 Å². The highest BCUT2D eigenvalue weighted by atomic mass is 15.1. The standard InChI is InChI=1S/C51H39N.C3H8/c1-5-37-33(2)50(3,4)47-31-35(27-29-42(37)47)52(49-26-16-12-19-38(49)34-17-7-6-8-18-34)36-28-30-43-41-22-11-15-25-46(41)51(48(43)32-36)44-23-13-9-20-39(44)40-21-10-14-24-45(40)51;1-3-2/h5-32H,1H2,2-4H3;3H2,1-2H3. The molecule has 3 aliphatic carbocycles. The van der Waals surface area contributed by atoms with E-state index in [1.54, 1.807) is 0 Å². The van der Waals surface area contributed by atoms with Crippen LogP contribution in [0.3, 0.4) is 0 Å². The first-order chi connectivity index (χ1) is 26.9. The first-order valence-corrected chi connectivity index (χ1v) is 19.7. The van der Waals surface area contributed by atoms with Crippen LogP contribution in [-0.4, -0.2) is 0 Å². The fraction of sp³-hybridized carbons (Fsp3) is 0.148. The fourth-order valence-corrected chi connectivity index (χ4v) is 9.61. The summed E-state index contributed by atoms with van der Waals surface area (Å²) in [6.07, 6.45) is 3.28. The third-order valence-electron chi connectivity index (χ3n) is 12.2. The monoisotopic (exact) mass is 709 g/mol. The zero-order valence-corrected chi connectivity index (χ0v) is 32.5. The van der Waals surface area contributed by atoms with E-state index in [-0.39, 0.29) is 5.41 Å². The number of nitrogens with zero attached hydrogens (tertiary/aromatic N) is 1. The number of hydrogen-bond acceptors (Lipinski definition) is 1. The van der Waals surface area contributed by atoms with E-state index in [0.717, 1.165) is 17.1 Å². The average molecular weight is 710 g/mol. The highest BCUT2D eigenvalue weighted by Gasteiger charge is 2.51. The van der Waals surface area contributed by atoms with Crippen molar-refractivity contribution in [3.63, 3.8) is 0 Å². The molecule has 55 heavy (non-hydrogen) atoms. The van der Waals surface area contributed by atoms with Gasteiger partial charge in [0.2, 0.25) is 0 Å². The number of anilines is 3. The quantitative estimate of drug-likeness (QED) is 0.172. The molecule has 0 aromatic heterocycles. The van der Waals surface area contributed by atoms with Gasteiger partial charge < -0.3 is 4.90 Å². The molecule has 7 aromatic rings. The van der Waals surface area contributed by atoms with Crippen molar-refractivity contribution in [3.05, 3.63) is 215 Å². The first kappa shape index (κ1) is 34.6. The van der Waals surface area contributed by atoms with E-state index in [0.29, 0.717) is 0 Å². The molecule has 7 aromatic carbocycles. The van der Waals surface area contributed by atoms with E-state index < -0.39 is 5.41 Å². The van der Waals surface area contributed by atoms with Gasteiger partial charge in [0.15, 0.2) is 0 Å². The maximum atomic E-state index is 4.20. The molecule has 0 N–H and O–H groups in total. The highest BCUT2D eigenvalue weighted by molar-refractivity contribution is 5.97. The van der Waals surface area contributed by atoms with Gasteiger partial charge in [-0.3, -0.25) is 0 Å². The molecule has 0 atom stereocenters. The molecule has 0 bridgehead atoms. The summed E-state index contributed by atoms with van der Waals surface area (Å²) < 4.78 is 0. The largest absolute Gasteiger partial charge is 0.310 e. The predicted octanol–water partition coefficient (Wildman–Crippen LogP) is 14.8. The minimum Gasteiger partial charge on any atom is -0.310 e. The van der Waals surface area contributed by atoms with Crippen LogP contribution in [0.1, 0.15) is 74.4 Å². The molecular formula is C54H47N. The maximum absolute atomic E-state index is 4.20. The minimum absolute atomic E-state index is 0.111. The van der Waals surface area contributed by atoms with Gasteiger partial charge in [0.1, 0.15) is 0 Å². The van der Waals surface area contributed by atoms with Crippen LogP contribution in [0.15, 0.2) is 182 Å². The van der Waals surface area contributed by atoms with E-state index in [2.05, 4.69) is 210 Å². The van der Waals surface area contributed by atoms with Gasteiger partial charge in [0.05, 0.1) is 11.1 Å². The van der Waals surface area contributed by atoms with Gasteiger partial charge in [-0.15, -0.1) is 0 Å². The molecule has 1 heteroatoms. The van der Waals surface area contributed by atoms with Crippen LogP contribution < -0.4 is 4.90 Å². The van der Waals surface area contributed by atoms with Crippen LogP contribution >= 0.6 is 0 Å². The fourth-order valence-electron chi connectivity index (χ4n) is 9.61. The molecule has 0 unspecified atom stereocenters. The number of hydrogen-bond donors (Lipinski definition) is 0. The van der Waals surface area contributed by atoms with Gasteiger partial charge in [-0.25, -0.2) is 0 Å². The Morgan fingerprint density at radius 3 is 1.47 bits per heavy atom. The van der Waals surface area contributed by atoms with Gasteiger partial charge in [0.25, 0.3) is 0 Å². The van der Waals surface area contributed by atoms with Crippen molar-refractivity contribution in [1.82, 2.24) is 0 Å². The molecule has 268 valence electrons. The number of para-hydroxylation sites is 1. The minimum atomic E-state index is -0.417. The molecule has 10 rings (SSSR count). The first-order valence-electron chi connectivity index (χ1n) is 19.7. The Labute approximate surface area is 327 Å². The van der Waals surface area contributed by atoms with Crippen molar-refractivity contribution in [3.8, 4) is 33.4 Å². The number of allylic oxidation sites excluding steroid dienone is 3. The summed E-state index contributed by atoms with van der Waals surface area (Å²) >= 11 is 0. The van der Waals surface area contributed by atoms with Crippen molar-refractivity contribution in [1.29, 1.82) is 0 Å². The van der Waals surface area contributed by atoms with Gasteiger partial charge in [0, 0.05) is 22.4 Å². The van der Waals surface area contributed by atoms with E-state index in [1.165, 1.54) is 84.3 Å². The van der Waals surface area contributed by atoms with Gasteiger partial charge >= 0.3 is 0 Å². The zero-order valence-electron chi connectivity index (χ0n) is 32.5. The molecule has 0 radical (unpaired) electrons. The second kappa shape index (κ2) is 13.3. The summed E-state index contributed by atoms with van der Waals surface area (Å²) in [5.74, 6) is 0. The van der Waals surface area contributed by atoms with Crippen molar-refractivity contribution < 1.29 is 0 Å². The van der Waals surface area contributed by atoms with Crippen molar-refractivity contribution >= 4 is 22.6 Å². The Hall–Kier alpha value is -6.18. The van der Waals surface area contributed by atoms with Gasteiger partial charge in [-0.1, -0.05) is 186 Å². The second-order valence-electron chi connectivity index (χ2n) is 15.6. The van der Waals surface area contributed by atoms with Crippen molar-refractivity contribution in [2.75, 3.05) is 4.90 Å². The Kier molecular flexibility index (Phi) is 8.35. The molecule has 1 nitrogen and oxygen atoms in total. The van der Waals surface area contributed by atoms with Crippen molar-refractivity contribution in [2.45, 2.75) is 51.9 Å². The predicted molar refractivity (Wildman–Crippen MR) is 235 cm³/mol. The molecule has 3 aliphatic rings. The number of fused-ring (bicyclic) bond motifs is 11. The van der Waals surface area contributed by atoms with E-state index >= 15 is 0 Å². The summed E-state index contributed by atoms with van der Waals surface area (Å²) in [6, 6.07) is 61.0. The van der Waals surface area contributed by atoms with Crippen LogP contribution in [-0.2, 0) is 10.8 Å². The van der Waals surface area contributed by atoms with E-state index in [1.807, 2.05) is 6.08 Å². The normalized spacial score (nSPS) is 14.6. The summed E-state index contributed by atoms with van der Waals surface area (Å²) in [7, 11) is 0. The lowest BCUT2D eigenvalue weighted by atomic mass is 9.70. The maximum Gasteiger partial charge on any atom is 0.0726 e. The third-order valence-corrected chi connectivity index (χ3v) is 12.2. The summed E-state index contributed by atoms with van der Waals surface area (Å²) in [6.45, 7) is 15.4. The zero-order chi connectivity index (χ0) is 37.9. The Morgan fingerprint density at radius 2 is 0.927 bits per heavy atom. The lowest BCUT2D eigenvalue weighted by Crippen LogP contribution is -2.26. The van der Waals surface area contributed by atoms with Crippen LogP contribution in [0.25, 0.3) is 39.0 Å². The second-order valence-corrected chi connectivity index (χ2v) is 15.6. The highest BCUT2D eigenvalue weighted by Crippen LogP contribution is 2.63. The van der Waals surface area contributed by atoms with Crippen LogP contribution in [0, 0.1) is 0 Å². The Balaban J connectivity index is 0.00000128. The van der Waals surface area contributed by atoms with E-state index in [9.17, 15) is 0 Å².